The van der Waals surface area contributed by atoms with Crippen molar-refractivity contribution >= 4 is 6.21 Å². The van der Waals surface area contributed by atoms with E-state index in [0.29, 0.717) is 5.92 Å². The van der Waals surface area contributed by atoms with Crippen molar-refractivity contribution < 1.29 is 0 Å². The van der Waals surface area contributed by atoms with Crippen molar-refractivity contribution in [3.05, 3.63) is 58.7 Å². The number of hydrogen-bond donors (Lipinski definition) is 1. The first-order chi connectivity index (χ1) is 11.2. The summed E-state index contributed by atoms with van der Waals surface area (Å²) in [6.45, 7) is 12.4. The Morgan fingerprint density at radius 1 is 1.04 bits per heavy atom. The van der Waals surface area contributed by atoms with E-state index in [2.05, 4.69) is 44.2 Å². The zero-order valence-electron chi connectivity index (χ0n) is 15.9. The molecular weight excluding hydrogens is 278 g/mol. The van der Waals surface area contributed by atoms with Crippen molar-refractivity contribution in [2.45, 2.75) is 73.1 Å². The Morgan fingerprint density at radius 3 is 2.22 bits per heavy atom. The molecule has 0 radical (unpaired) electrons. The highest BCUT2D eigenvalue weighted by Gasteiger charge is 2.15. The van der Waals surface area contributed by atoms with Gasteiger partial charge >= 0.3 is 0 Å². The summed E-state index contributed by atoms with van der Waals surface area (Å²) in [5.74, 6) is 0.579. The van der Waals surface area contributed by atoms with Crippen LogP contribution in [0.2, 0.25) is 0 Å². The van der Waals surface area contributed by atoms with Gasteiger partial charge in [-0.2, -0.15) is 0 Å². The van der Waals surface area contributed by atoms with Crippen LogP contribution in [-0.4, -0.2) is 6.21 Å². The fourth-order valence-corrected chi connectivity index (χ4v) is 2.94. The minimum atomic E-state index is 0.579. The standard InChI is InChI=1S/C18H23N.2C2H6/c1-14-10-15(2)12-18(11-14)17-8-5-7-16(13-17)6-3-4-9-19;2*1-2/h3-4,9-13,17,19H,5-8H2,1-2H3;2*1-2H3/b4-3-,19-9?;;. The second kappa shape index (κ2) is 12.9. The van der Waals surface area contributed by atoms with Gasteiger partial charge in [-0.1, -0.05) is 74.7 Å². The van der Waals surface area contributed by atoms with E-state index in [0.717, 1.165) is 6.42 Å². The second-order valence-electron chi connectivity index (χ2n) is 5.54. The molecule has 0 heterocycles. The Kier molecular flexibility index (Phi) is 12.0. The number of rotatable bonds is 4. The quantitative estimate of drug-likeness (QED) is 0.451. The van der Waals surface area contributed by atoms with Gasteiger partial charge in [0.05, 0.1) is 0 Å². The van der Waals surface area contributed by atoms with Crippen LogP contribution in [0, 0.1) is 19.3 Å². The normalized spacial score (nSPS) is 16.6. The first-order valence-corrected chi connectivity index (χ1v) is 9.12. The third-order valence-electron chi connectivity index (χ3n) is 3.73. The van der Waals surface area contributed by atoms with Crippen LogP contribution >= 0.6 is 0 Å². The van der Waals surface area contributed by atoms with Gasteiger partial charge in [0.25, 0.3) is 0 Å². The molecule has 1 aromatic rings. The van der Waals surface area contributed by atoms with Gasteiger partial charge in [0.1, 0.15) is 0 Å². The molecule has 0 saturated carbocycles. The smallest absolute Gasteiger partial charge is 0.0174 e. The van der Waals surface area contributed by atoms with E-state index in [4.69, 9.17) is 5.41 Å². The molecule has 2 rings (SSSR count). The Hall–Kier alpha value is -1.63. The monoisotopic (exact) mass is 313 g/mol. The van der Waals surface area contributed by atoms with Crippen LogP contribution in [-0.2, 0) is 0 Å². The molecule has 1 nitrogen and oxygen atoms in total. The molecule has 128 valence electrons. The average Bonchev–Trinajstić information content (AvgIpc) is 2.58. The lowest BCUT2D eigenvalue weighted by atomic mass is 9.83. The van der Waals surface area contributed by atoms with Crippen LogP contribution < -0.4 is 0 Å². The second-order valence-corrected chi connectivity index (χ2v) is 5.54. The molecule has 0 aliphatic heterocycles. The fourth-order valence-electron chi connectivity index (χ4n) is 2.94. The van der Waals surface area contributed by atoms with Gasteiger partial charge in [0.2, 0.25) is 0 Å². The SMILES string of the molecule is CC.CC.Cc1cc(C)cc(C2C=C(C/C=C\C=N)CCC2)c1. The Bertz CT molecular complexity index is 488. The lowest BCUT2D eigenvalue weighted by molar-refractivity contribution is 0.626. The summed E-state index contributed by atoms with van der Waals surface area (Å²) in [5.41, 5.74) is 5.71. The van der Waals surface area contributed by atoms with Crippen molar-refractivity contribution in [2.75, 3.05) is 0 Å². The zero-order valence-corrected chi connectivity index (χ0v) is 15.9. The summed E-state index contributed by atoms with van der Waals surface area (Å²) in [4.78, 5) is 0. The largest absolute Gasteiger partial charge is 0.309 e. The summed E-state index contributed by atoms with van der Waals surface area (Å²) in [6, 6.07) is 6.89. The van der Waals surface area contributed by atoms with Crippen LogP contribution in [0.1, 0.15) is 76.0 Å². The van der Waals surface area contributed by atoms with E-state index in [1.165, 1.54) is 47.7 Å². The van der Waals surface area contributed by atoms with E-state index in [1.54, 1.807) is 0 Å². The van der Waals surface area contributed by atoms with Gasteiger partial charge in [0.15, 0.2) is 0 Å². The third kappa shape index (κ3) is 7.97. The van der Waals surface area contributed by atoms with Gasteiger partial charge in [-0.05, 0) is 51.2 Å². The molecule has 1 aromatic carbocycles. The maximum Gasteiger partial charge on any atom is 0.0174 e. The van der Waals surface area contributed by atoms with Crippen LogP contribution in [0.4, 0.5) is 0 Å². The van der Waals surface area contributed by atoms with E-state index in [1.807, 2.05) is 33.8 Å². The van der Waals surface area contributed by atoms with Gasteiger partial charge < -0.3 is 5.41 Å². The van der Waals surface area contributed by atoms with Gasteiger partial charge in [0, 0.05) is 12.1 Å². The topological polar surface area (TPSA) is 23.9 Å². The molecule has 1 aliphatic rings. The average molecular weight is 314 g/mol. The Labute approximate surface area is 144 Å². The molecule has 23 heavy (non-hydrogen) atoms. The summed E-state index contributed by atoms with van der Waals surface area (Å²) in [5, 5.41) is 7.01. The lowest BCUT2D eigenvalue weighted by Gasteiger charge is -2.22. The highest BCUT2D eigenvalue weighted by Crippen LogP contribution is 2.33. The number of allylic oxidation sites excluding steroid dienone is 4. The first kappa shape index (κ1) is 21.4. The maximum atomic E-state index is 7.01. The minimum Gasteiger partial charge on any atom is -0.309 e. The molecule has 0 amide bonds. The summed E-state index contributed by atoms with van der Waals surface area (Å²) in [6.07, 6.45) is 12.5. The van der Waals surface area contributed by atoms with E-state index >= 15 is 0 Å². The number of nitrogens with one attached hydrogen (secondary N) is 1. The molecule has 0 saturated heterocycles. The predicted octanol–water partition coefficient (Wildman–Crippen LogP) is 7.15. The molecule has 1 N–H and O–H groups in total. The van der Waals surface area contributed by atoms with Crippen molar-refractivity contribution in [1.29, 1.82) is 5.41 Å². The molecule has 1 atom stereocenters. The van der Waals surface area contributed by atoms with Crippen molar-refractivity contribution in [3.63, 3.8) is 0 Å². The maximum absolute atomic E-state index is 7.01. The van der Waals surface area contributed by atoms with Crippen molar-refractivity contribution in [2.24, 2.45) is 0 Å². The van der Waals surface area contributed by atoms with Gasteiger partial charge in [-0.25, -0.2) is 0 Å². The number of aryl methyl sites for hydroxylation is 2. The summed E-state index contributed by atoms with van der Waals surface area (Å²) < 4.78 is 0. The Morgan fingerprint density at radius 2 is 1.65 bits per heavy atom. The predicted molar refractivity (Wildman–Crippen MR) is 106 cm³/mol. The van der Waals surface area contributed by atoms with E-state index in [9.17, 15) is 0 Å². The first-order valence-electron chi connectivity index (χ1n) is 9.12. The molecule has 1 unspecified atom stereocenters. The third-order valence-corrected chi connectivity index (χ3v) is 3.73. The molecule has 0 aromatic heterocycles. The van der Waals surface area contributed by atoms with Crippen molar-refractivity contribution in [1.82, 2.24) is 0 Å². The molecule has 0 fully saturated rings. The minimum absolute atomic E-state index is 0.579. The van der Waals surface area contributed by atoms with Crippen LogP contribution in [0.3, 0.4) is 0 Å². The molecule has 0 spiro atoms. The number of benzene rings is 1. The van der Waals surface area contributed by atoms with Gasteiger partial charge in [-0.15, -0.1) is 0 Å². The molecule has 1 aliphatic carbocycles. The summed E-state index contributed by atoms with van der Waals surface area (Å²) in [7, 11) is 0. The van der Waals surface area contributed by atoms with E-state index in [-0.39, 0.29) is 0 Å². The summed E-state index contributed by atoms with van der Waals surface area (Å²) >= 11 is 0. The van der Waals surface area contributed by atoms with Gasteiger partial charge in [-0.3, -0.25) is 0 Å². The zero-order chi connectivity index (χ0) is 17.7. The highest BCUT2D eigenvalue weighted by atomic mass is 14.3. The Balaban J connectivity index is 0.00000112. The fraction of sp³-hybridized carbons (Fsp3) is 0.500. The lowest BCUT2D eigenvalue weighted by Crippen LogP contribution is -2.04. The molecule has 0 bridgehead atoms. The number of hydrogen-bond acceptors (Lipinski definition) is 1. The van der Waals surface area contributed by atoms with Crippen LogP contribution in [0.25, 0.3) is 0 Å². The van der Waals surface area contributed by atoms with Crippen molar-refractivity contribution in [3.8, 4) is 0 Å². The molecule has 1 heteroatoms. The molecular formula is C22H35N. The van der Waals surface area contributed by atoms with E-state index < -0.39 is 0 Å². The van der Waals surface area contributed by atoms with Crippen LogP contribution in [0.15, 0.2) is 42.0 Å². The van der Waals surface area contributed by atoms with Crippen LogP contribution in [0.5, 0.6) is 0 Å². The highest BCUT2D eigenvalue weighted by molar-refractivity contribution is 5.67.